The molecule has 1 aromatic carbocycles. The van der Waals surface area contributed by atoms with Crippen molar-refractivity contribution in [3.05, 3.63) is 22.7 Å². The summed E-state index contributed by atoms with van der Waals surface area (Å²) in [5, 5.41) is 5.32. The summed E-state index contributed by atoms with van der Waals surface area (Å²) < 4.78 is 40.3. The number of hydrogen-bond acceptors (Lipinski definition) is 3. The van der Waals surface area contributed by atoms with Gasteiger partial charge in [0.1, 0.15) is 11.8 Å². The van der Waals surface area contributed by atoms with Crippen LogP contribution in [0.25, 0.3) is 0 Å². The highest BCUT2D eigenvalue weighted by molar-refractivity contribution is 9.10. The summed E-state index contributed by atoms with van der Waals surface area (Å²) in [5.41, 5.74) is 0.458. The number of carbonyl (C=O) groups is 1. The van der Waals surface area contributed by atoms with E-state index in [0.717, 1.165) is 6.07 Å². The van der Waals surface area contributed by atoms with Gasteiger partial charge in [0.2, 0.25) is 5.91 Å². The van der Waals surface area contributed by atoms with E-state index in [1.165, 1.54) is 12.1 Å². The highest BCUT2D eigenvalue weighted by Gasteiger charge is 2.32. The second kappa shape index (κ2) is 7.22. The number of benzene rings is 1. The normalized spacial score (nSPS) is 12.2. The van der Waals surface area contributed by atoms with Crippen LogP contribution in [0.5, 0.6) is 5.75 Å². The molecule has 2 N–H and O–H groups in total. The number of hydrogen-bond donors (Lipinski definition) is 2. The Morgan fingerprint density at radius 2 is 2.19 bits per heavy atom. The molecular formula is C13H12BrF3N2O2. The molecule has 0 aliphatic heterocycles. The minimum atomic E-state index is -4.76. The zero-order valence-corrected chi connectivity index (χ0v) is 12.5. The van der Waals surface area contributed by atoms with Crippen LogP contribution in [0.4, 0.5) is 18.9 Å². The Kier molecular flexibility index (Phi) is 5.90. The fraction of sp³-hybridized carbons (Fsp3) is 0.308. The second-order valence-corrected chi connectivity index (χ2v) is 4.84. The molecule has 0 heterocycles. The van der Waals surface area contributed by atoms with Crippen LogP contribution in [0.2, 0.25) is 0 Å². The number of rotatable bonds is 5. The quantitative estimate of drug-likeness (QED) is 0.789. The van der Waals surface area contributed by atoms with Crippen molar-refractivity contribution in [3.8, 4) is 18.1 Å². The molecule has 0 fully saturated rings. The zero-order chi connectivity index (χ0) is 16.0. The van der Waals surface area contributed by atoms with E-state index >= 15 is 0 Å². The molecule has 1 amide bonds. The average molecular weight is 365 g/mol. The monoisotopic (exact) mass is 364 g/mol. The molecule has 1 unspecified atom stereocenters. The lowest BCUT2D eigenvalue weighted by Crippen LogP contribution is -2.37. The van der Waals surface area contributed by atoms with E-state index in [0.29, 0.717) is 5.69 Å². The lowest BCUT2D eigenvalue weighted by atomic mass is 10.2. The summed E-state index contributed by atoms with van der Waals surface area (Å²) in [7, 11) is 0. The van der Waals surface area contributed by atoms with Gasteiger partial charge in [-0.2, -0.15) is 0 Å². The first-order valence-corrected chi connectivity index (χ1v) is 6.55. The van der Waals surface area contributed by atoms with Gasteiger partial charge in [0.25, 0.3) is 0 Å². The Hall–Kier alpha value is -1.88. The molecule has 0 bridgehead atoms. The van der Waals surface area contributed by atoms with E-state index in [9.17, 15) is 18.0 Å². The number of ether oxygens (including phenoxy) is 1. The summed E-state index contributed by atoms with van der Waals surface area (Å²) in [6.45, 7) is 1.70. The molecule has 0 radical (unpaired) electrons. The number of terminal acetylenes is 1. The van der Waals surface area contributed by atoms with Crippen LogP contribution in [0.15, 0.2) is 22.7 Å². The van der Waals surface area contributed by atoms with Crippen LogP contribution in [0, 0.1) is 12.3 Å². The topological polar surface area (TPSA) is 50.4 Å². The van der Waals surface area contributed by atoms with Crippen LogP contribution in [-0.4, -0.2) is 24.9 Å². The summed E-state index contributed by atoms with van der Waals surface area (Å²) in [4.78, 5) is 11.6. The van der Waals surface area contributed by atoms with Crippen LogP contribution in [0.1, 0.15) is 6.92 Å². The fourth-order valence-electron chi connectivity index (χ4n) is 1.40. The summed E-state index contributed by atoms with van der Waals surface area (Å²) in [6, 6.07) is 3.30. The SMILES string of the molecule is C#CCNC(=O)C(C)Nc1ccc(OC(F)(F)F)c(Br)c1. The van der Waals surface area contributed by atoms with E-state index in [2.05, 4.69) is 37.2 Å². The molecular weight excluding hydrogens is 353 g/mol. The van der Waals surface area contributed by atoms with Gasteiger partial charge in [0.15, 0.2) is 0 Å². The van der Waals surface area contributed by atoms with Crippen molar-refractivity contribution < 1.29 is 22.7 Å². The third kappa shape index (κ3) is 5.95. The van der Waals surface area contributed by atoms with Gasteiger partial charge in [-0.05, 0) is 41.1 Å². The standard InChI is InChI=1S/C13H12BrF3N2O2/c1-3-6-18-12(20)8(2)19-9-4-5-11(10(14)7-9)21-13(15,16)17/h1,4-5,7-8,19H,6H2,2H3,(H,18,20). The molecule has 0 spiro atoms. The van der Waals surface area contributed by atoms with E-state index in [1.807, 2.05) is 0 Å². The van der Waals surface area contributed by atoms with Crippen molar-refractivity contribution in [1.29, 1.82) is 0 Å². The number of amides is 1. The maximum atomic E-state index is 12.1. The average Bonchev–Trinajstić information content (AvgIpc) is 2.37. The van der Waals surface area contributed by atoms with Crippen molar-refractivity contribution in [2.24, 2.45) is 0 Å². The molecule has 0 saturated carbocycles. The maximum absolute atomic E-state index is 12.1. The van der Waals surface area contributed by atoms with Gasteiger partial charge in [0.05, 0.1) is 11.0 Å². The molecule has 1 rings (SSSR count). The van der Waals surface area contributed by atoms with Crippen LogP contribution < -0.4 is 15.4 Å². The van der Waals surface area contributed by atoms with E-state index in [1.54, 1.807) is 6.92 Å². The first-order chi connectivity index (χ1) is 9.73. The lowest BCUT2D eigenvalue weighted by molar-refractivity contribution is -0.274. The Bertz CT molecular complexity index is 555. The molecule has 1 aromatic rings. The highest BCUT2D eigenvalue weighted by atomic mass is 79.9. The van der Waals surface area contributed by atoms with Crippen molar-refractivity contribution in [3.63, 3.8) is 0 Å². The van der Waals surface area contributed by atoms with Gasteiger partial charge >= 0.3 is 6.36 Å². The van der Waals surface area contributed by atoms with Crippen LogP contribution in [-0.2, 0) is 4.79 Å². The molecule has 0 aromatic heterocycles. The van der Waals surface area contributed by atoms with Crippen molar-refractivity contribution >= 4 is 27.5 Å². The van der Waals surface area contributed by atoms with Gasteiger partial charge in [-0.15, -0.1) is 19.6 Å². The minimum Gasteiger partial charge on any atom is -0.405 e. The lowest BCUT2D eigenvalue weighted by Gasteiger charge is -2.16. The largest absolute Gasteiger partial charge is 0.573 e. The maximum Gasteiger partial charge on any atom is 0.573 e. The summed E-state index contributed by atoms with van der Waals surface area (Å²) in [6.07, 6.45) is 0.255. The highest BCUT2D eigenvalue weighted by Crippen LogP contribution is 2.32. The van der Waals surface area contributed by atoms with Gasteiger partial charge in [-0.3, -0.25) is 4.79 Å². The Balaban J connectivity index is 2.72. The van der Waals surface area contributed by atoms with Crippen molar-refractivity contribution in [2.45, 2.75) is 19.3 Å². The molecule has 8 heteroatoms. The van der Waals surface area contributed by atoms with Crippen LogP contribution in [0.3, 0.4) is 0 Å². The van der Waals surface area contributed by atoms with Crippen molar-refractivity contribution in [2.75, 3.05) is 11.9 Å². The number of nitrogens with one attached hydrogen (secondary N) is 2. The number of anilines is 1. The van der Waals surface area contributed by atoms with Crippen molar-refractivity contribution in [1.82, 2.24) is 5.32 Å². The molecule has 0 aliphatic carbocycles. The molecule has 0 aliphatic rings. The third-order valence-electron chi connectivity index (χ3n) is 2.30. The summed E-state index contributed by atoms with van der Waals surface area (Å²) >= 11 is 2.98. The number of halogens is 4. The second-order valence-electron chi connectivity index (χ2n) is 3.98. The summed E-state index contributed by atoms with van der Waals surface area (Å²) in [5.74, 6) is 1.58. The van der Waals surface area contributed by atoms with E-state index in [-0.39, 0.29) is 22.7 Å². The molecule has 0 saturated heterocycles. The van der Waals surface area contributed by atoms with Gasteiger partial charge in [0, 0.05) is 5.69 Å². The number of carbonyl (C=O) groups excluding carboxylic acids is 1. The predicted octanol–water partition coefficient (Wildman–Crippen LogP) is 2.90. The minimum absolute atomic E-state index is 0.104. The molecule has 114 valence electrons. The molecule has 1 atom stereocenters. The Labute approximate surface area is 128 Å². The van der Waals surface area contributed by atoms with Gasteiger partial charge in [-0.25, -0.2) is 0 Å². The zero-order valence-electron chi connectivity index (χ0n) is 10.9. The van der Waals surface area contributed by atoms with Gasteiger partial charge < -0.3 is 15.4 Å². The first kappa shape index (κ1) is 17.2. The van der Waals surface area contributed by atoms with Gasteiger partial charge in [-0.1, -0.05) is 5.92 Å². The smallest absolute Gasteiger partial charge is 0.405 e. The molecule has 21 heavy (non-hydrogen) atoms. The van der Waals surface area contributed by atoms with Crippen LogP contribution >= 0.6 is 15.9 Å². The Morgan fingerprint density at radius 3 is 2.71 bits per heavy atom. The number of alkyl halides is 3. The molecule has 4 nitrogen and oxygen atoms in total. The fourth-order valence-corrected chi connectivity index (χ4v) is 1.86. The predicted molar refractivity (Wildman–Crippen MR) is 75.8 cm³/mol. The third-order valence-corrected chi connectivity index (χ3v) is 2.92. The van der Waals surface area contributed by atoms with E-state index in [4.69, 9.17) is 6.42 Å². The van der Waals surface area contributed by atoms with E-state index < -0.39 is 12.4 Å². The first-order valence-electron chi connectivity index (χ1n) is 5.76. The Morgan fingerprint density at radius 1 is 1.52 bits per heavy atom.